The summed E-state index contributed by atoms with van der Waals surface area (Å²) in [6.45, 7) is 5.72. The van der Waals surface area contributed by atoms with Crippen LogP contribution in [0.5, 0.6) is 11.5 Å². The lowest BCUT2D eigenvalue weighted by molar-refractivity contribution is -0.138. The van der Waals surface area contributed by atoms with Gasteiger partial charge in [-0.05, 0) is 87.4 Å². The van der Waals surface area contributed by atoms with Crippen molar-refractivity contribution in [1.82, 2.24) is 0 Å². The van der Waals surface area contributed by atoms with E-state index in [1.165, 1.54) is 31.4 Å². The standard InChI is InChI=1S/C34H36F3NO6/c1-21(2)38(31(39)24-12-10-22(3)11-13-24)29-16-15-26(19-27(29)33(41)42-4)44-30-17-14-25(18-28(30)34(35,36)37)32(40)43-20-23-8-6-5-7-9-23/h5-9,14-19,21-22,24H,10-13,20H2,1-4H3/t22-,24-. The summed E-state index contributed by atoms with van der Waals surface area (Å²) >= 11 is 0. The predicted octanol–water partition coefficient (Wildman–Crippen LogP) is 8.21. The summed E-state index contributed by atoms with van der Waals surface area (Å²) in [7, 11) is 1.18. The average molecular weight is 612 g/mol. The smallest absolute Gasteiger partial charge is 0.420 e. The molecule has 0 atom stereocenters. The summed E-state index contributed by atoms with van der Waals surface area (Å²) < 4.78 is 58.1. The van der Waals surface area contributed by atoms with Crippen molar-refractivity contribution in [2.45, 2.75) is 65.3 Å². The summed E-state index contributed by atoms with van der Waals surface area (Å²) in [5.74, 6) is -2.11. The Bertz CT molecular complexity index is 1480. The van der Waals surface area contributed by atoms with Gasteiger partial charge in [0, 0.05) is 12.0 Å². The summed E-state index contributed by atoms with van der Waals surface area (Å²) in [6, 6.07) is 15.5. The van der Waals surface area contributed by atoms with E-state index in [9.17, 15) is 27.6 Å². The maximum atomic E-state index is 14.1. The van der Waals surface area contributed by atoms with Crippen LogP contribution in [0.3, 0.4) is 0 Å². The highest BCUT2D eigenvalue weighted by molar-refractivity contribution is 6.04. The van der Waals surface area contributed by atoms with E-state index in [0.717, 1.165) is 31.7 Å². The number of alkyl halides is 3. The molecule has 0 heterocycles. The van der Waals surface area contributed by atoms with E-state index in [1.54, 1.807) is 35.2 Å². The van der Waals surface area contributed by atoms with Crippen molar-refractivity contribution >= 4 is 23.5 Å². The van der Waals surface area contributed by atoms with Gasteiger partial charge in [0.1, 0.15) is 18.1 Å². The van der Waals surface area contributed by atoms with Gasteiger partial charge in [0.2, 0.25) is 5.91 Å². The number of hydrogen-bond donors (Lipinski definition) is 0. The van der Waals surface area contributed by atoms with Crippen LogP contribution in [0, 0.1) is 11.8 Å². The second-order valence-corrected chi connectivity index (χ2v) is 11.3. The van der Waals surface area contributed by atoms with Crippen LogP contribution in [-0.4, -0.2) is 31.0 Å². The summed E-state index contributed by atoms with van der Waals surface area (Å²) in [6.07, 6.45) is -1.51. The number of hydrogen-bond acceptors (Lipinski definition) is 6. The van der Waals surface area contributed by atoms with E-state index in [4.69, 9.17) is 14.2 Å². The first-order valence-corrected chi connectivity index (χ1v) is 14.5. The number of benzene rings is 3. The van der Waals surface area contributed by atoms with Crippen LogP contribution < -0.4 is 9.64 Å². The van der Waals surface area contributed by atoms with Gasteiger partial charge in [-0.1, -0.05) is 37.3 Å². The van der Waals surface area contributed by atoms with E-state index in [2.05, 4.69) is 6.92 Å². The van der Waals surface area contributed by atoms with Gasteiger partial charge in [-0.3, -0.25) is 4.79 Å². The molecule has 0 aromatic heterocycles. The Kier molecular flexibility index (Phi) is 10.3. The number of methoxy groups -OCH3 is 1. The molecule has 0 spiro atoms. The zero-order valence-electron chi connectivity index (χ0n) is 25.1. The zero-order valence-corrected chi connectivity index (χ0v) is 25.1. The second-order valence-electron chi connectivity index (χ2n) is 11.3. The van der Waals surface area contributed by atoms with Crippen LogP contribution in [0.25, 0.3) is 0 Å². The first-order valence-electron chi connectivity index (χ1n) is 14.5. The third-order valence-corrected chi connectivity index (χ3v) is 7.71. The van der Waals surface area contributed by atoms with Crippen molar-refractivity contribution in [3.63, 3.8) is 0 Å². The highest BCUT2D eigenvalue weighted by Gasteiger charge is 2.36. The lowest BCUT2D eigenvalue weighted by Gasteiger charge is -2.34. The normalized spacial score (nSPS) is 16.7. The van der Waals surface area contributed by atoms with Gasteiger partial charge in [0.05, 0.1) is 29.5 Å². The molecule has 0 aliphatic heterocycles. The molecule has 3 aromatic carbocycles. The molecule has 0 saturated heterocycles. The van der Waals surface area contributed by atoms with Crippen LogP contribution in [0.4, 0.5) is 18.9 Å². The van der Waals surface area contributed by atoms with Crippen molar-refractivity contribution < 1.29 is 41.8 Å². The third kappa shape index (κ3) is 7.78. The molecule has 10 heteroatoms. The molecule has 4 rings (SSSR count). The SMILES string of the molecule is COC(=O)c1cc(Oc2ccc(C(=O)OCc3ccccc3)cc2C(F)(F)F)ccc1N(C(=O)[C@H]1CC[C@H](C)CC1)C(C)C. The number of ether oxygens (including phenoxy) is 3. The molecule has 1 amide bonds. The quantitative estimate of drug-likeness (QED) is 0.227. The summed E-state index contributed by atoms with van der Waals surface area (Å²) in [5.41, 5.74) is -0.538. The first kappa shape index (κ1) is 32.6. The van der Waals surface area contributed by atoms with Crippen LogP contribution in [0.15, 0.2) is 66.7 Å². The minimum Gasteiger partial charge on any atom is -0.465 e. The molecule has 1 aliphatic rings. The number of anilines is 1. The Balaban J connectivity index is 1.63. The molecule has 0 bridgehead atoms. The lowest BCUT2D eigenvalue weighted by atomic mass is 9.82. The number of esters is 2. The Labute approximate surface area is 254 Å². The number of nitrogens with zero attached hydrogens (tertiary/aromatic N) is 1. The van der Waals surface area contributed by atoms with Gasteiger partial charge in [-0.2, -0.15) is 13.2 Å². The molecule has 3 aromatic rings. The van der Waals surface area contributed by atoms with Gasteiger partial charge in [-0.25, -0.2) is 9.59 Å². The number of carbonyl (C=O) groups excluding carboxylic acids is 3. The van der Waals surface area contributed by atoms with E-state index in [1.807, 2.05) is 13.8 Å². The molecular weight excluding hydrogens is 575 g/mol. The Morgan fingerprint density at radius 1 is 0.909 bits per heavy atom. The van der Waals surface area contributed by atoms with Crippen LogP contribution >= 0.6 is 0 Å². The van der Waals surface area contributed by atoms with Crippen molar-refractivity contribution in [2.75, 3.05) is 12.0 Å². The number of halogens is 3. The first-order chi connectivity index (χ1) is 20.9. The van der Waals surface area contributed by atoms with E-state index in [-0.39, 0.29) is 47.0 Å². The molecule has 234 valence electrons. The number of rotatable bonds is 9. The molecule has 1 aliphatic carbocycles. The molecular formula is C34H36F3NO6. The van der Waals surface area contributed by atoms with E-state index >= 15 is 0 Å². The fraction of sp³-hybridized carbons (Fsp3) is 0.382. The van der Waals surface area contributed by atoms with Gasteiger partial charge in [0.25, 0.3) is 0 Å². The summed E-state index contributed by atoms with van der Waals surface area (Å²) in [5, 5.41) is 0. The maximum Gasteiger partial charge on any atom is 0.420 e. The summed E-state index contributed by atoms with van der Waals surface area (Å²) in [4.78, 5) is 40.6. The molecule has 0 N–H and O–H groups in total. The van der Waals surface area contributed by atoms with Crippen molar-refractivity contribution in [3.8, 4) is 11.5 Å². The maximum absolute atomic E-state index is 14.1. The fourth-order valence-electron chi connectivity index (χ4n) is 5.32. The molecule has 1 saturated carbocycles. The van der Waals surface area contributed by atoms with Gasteiger partial charge >= 0.3 is 18.1 Å². The van der Waals surface area contributed by atoms with Gasteiger partial charge < -0.3 is 19.1 Å². The lowest BCUT2D eigenvalue weighted by Crippen LogP contribution is -2.43. The van der Waals surface area contributed by atoms with Crippen LogP contribution in [0.1, 0.15) is 78.3 Å². The highest BCUT2D eigenvalue weighted by atomic mass is 19.4. The fourth-order valence-corrected chi connectivity index (χ4v) is 5.32. The average Bonchev–Trinajstić information content (AvgIpc) is 3.00. The van der Waals surface area contributed by atoms with Crippen LogP contribution in [-0.2, 0) is 27.1 Å². The van der Waals surface area contributed by atoms with Crippen molar-refractivity contribution in [1.29, 1.82) is 0 Å². The Hall–Kier alpha value is -4.34. The number of amides is 1. The third-order valence-electron chi connectivity index (χ3n) is 7.71. The predicted molar refractivity (Wildman–Crippen MR) is 159 cm³/mol. The minimum absolute atomic E-state index is 0.0223. The Morgan fingerprint density at radius 3 is 2.20 bits per heavy atom. The van der Waals surface area contributed by atoms with Crippen molar-refractivity contribution in [2.24, 2.45) is 11.8 Å². The molecule has 44 heavy (non-hydrogen) atoms. The molecule has 7 nitrogen and oxygen atoms in total. The highest BCUT2D eigenvalue weighted by Crippen LogP contribution is 2.40. The topological polar surface area (TPSA) is 82.1 Å². The van der Waals surface area contributed by atoms with E-state index in [0.29, 0.717) is 17.5 Å². The Morgan fingerprint density at radius 2 is 1.59 bits per heavy atom. The van der Waals surface area contributed by atoms with E-state index < -0.39 is 29.4 Å². The number of carbonyl (C=O) groups is 3. The minimum atomic E-state index is -4.87. The van der Waals surface area contributed by atoms with Crippen molar-refractivity contribution in [3.05, 3.63) is 89.0 Å². The molecule has 1 fully saturated rings. The largest absolute Gasteiger partial charge is 0.465 e. The monoisotopic (exact) mass is 611 g/mol. The zero-order chi connectivity index (χ0) is 32.0. The van der Waals surface area contributed by atoms with Gasteiger partial charge in [0.15, 0.2) is 0 Å². The van der Waals surface area contributed by atoms with Gasteiger partial charge in [-0.15, -0.1) is 0 Å². The molecule has 0 unspecified atom stereocenters. The van der Waals surface area contributed by atoms with Crippen LogP contribution in [0.2, 0.25) is 0 Å². The molecule has 0 radical (unpaired) electrons. The second kappa shape index (κ2) is 14.0.